The van der Waals surface area contributed by atoms with Gasteiger partial charge >= 0.3 is 6.03 Å². The molecule has 0 bridgehead atoms. The van der Waals surface area contributed by atoms with E-state index in [1.165, 1.54) is 22.6 Å². The predicted octanol–water partition coefficient (Wildman–Crippen LogP) is 4.48. The molecule has 2 aromatic heterocycles. The summed E-state index contributed by atoms with van der Waals surface area (Å²) >= 11 is 0. The van der Waals surface area contributed by atoms with Crippen LogP contribution in [-0.4, -0.2) is 74.9 Å². The maximum atomic E-state index is 15.0. The molecule has 0 radical (unpaired) electrons. The second-order valence-electron chi connectivity index (χ2n) is 12.0. The van der Waals surface area contributed by atoms with Gasteiger partial charge in [-0.05, 0) is 63.1 Å². The number of nitrogens with zero attached hydrogens (tertiary/aromatic N) is 5. The number of pyridine rings is 1. The molecule has 6 rings (SSSR count). The Labute approximate surface area is 243 Å². The normalized spacial score (nSPS) is 23.0. The number of nitrogens with one attached hydrogen (secondary N) is 1. The Morgan fingerprint density at radius 3 is 2.62 bits per heavy atom. The van der Waals surface area contributed by atoms with Crippen molar-refractivity contribution in [2.75, 3.05) is 33.2 Å². The molecule has 2 amide bonds. The number of halogens is 3. The Hall–Kier alpha value is -3.44. The van der Waals surface area contributed by atoms with E-state index in [-0.39, 0.29) is 28.7 Å². The molecule has 2 aliphatic heterocycles. The number of aromatic nitrogens is 2. The lowest BCUT2D eigenvalue weighted by Crippen LogP contribution is -2.65. The molecule has 42 heavy (non-hydrogen) atoms. The highest BCUT2D eigenvalue weighted by Gasteiger charge is 2.46. The summed E-state index contributed by atoms with van der Waals surface area (Å²) in [7, 11) is 1.85. The van der Waals surface area contributed by atoms with Crippen molar-refractivity contribution in [1.29, 1.82) is 0 Å². The van der Waals surface area contributed by atoms with Crippen LogP contribution >= 0.6 is 0 Å². The average Bonchev–Trinajstić information content (AvgIpc) is 3.00. The van der Waals surface area contributed by atoms with Gasteiger partial charge in [0.15, 0.2) is 0 Å². The molecule has 2 saturated heterocycles. The molecule has 8 nitrogen and oxygen atoms in total. The van der Waals surface area contributed by atoms with E-state index in [9.17, 15) is 22.8 Å². The van der Waals surface area contributed by atoms with E-state index in [0.29, 0.717) is 50.4 Å². The van der Waals surface area contributed by atoms with Crippen LogP contribution < -0.4 is 10.9 Å². The smallest absolute Gasteiger partial charge is 0.320 e. The summed E-state index contributed by atoms with van der Waals surface area (Å²) < 4.78 is 44.3. The third-order valence-corrected chi connectivity index (χ3v) is 9.52. The van der Waals surface area contributed by atoms with Gasteiger partial charge in [-0.1, -0.05) is 19.3 Å². The first-order chi connectivity index (χ1) is 20.3. The van der Waals surface area contributed by atoms with Crippen LogP contribution in [0.2, 0.25) is 0 Å². The molecular weight excluding hydrogens is 545 g/mol. The fraction of sp³-hybridized carbons (Fsp3) is 0.516. The van der Waals surface area contributed by atoms with Gasteiger partial charge < -0.3 is 15.1 Å². The van der Waals surface area contributed by atoms with E-state index in [1.54, 1.807) is 11.1 Å². The highest BCUT2D eigenvalue weighted by atomic mass is 19.1. The molecule has 11 heteroatoms. The van der Waals surface area contributed by atoms with E-state index >= 15 is 0 Å². The van der Waals surface area contributed by atoms with Crippen LogP contribution in [0.3, 0.4) is 0 Å². The second-order valence-corrected chi connectivity index (χ2v) is 12.0. The molecule has 3 aromatic rings. The van der Waals surface area contributed by atoms with Crippen molar-refractivity contribution in [3.8, 4) is 0 Å². The minimum absolute atomic E-state index is 0.0893. The third-order valence-electron chi connectivity index (χ3n) is 9.52. The molecule has 224 valence electrons. The zero-order valence-electron chi connectivity index (χ0n) is 23.9. The van der Waals surface area contributed by atoms with Crippen molar-refractivity contribution in [3.05, 3.63) is 81.7 Å². The molecule has 0 unspecified atom stereocenters. The number of hydrogen-bond acceptors (Lipinski definition) is 5. The summed E-state index contributed by atoms with van der Waals surface area (Å²) in [6, 6.07) is 5.55. The SMILES string of the molecule is CN[C@@H]1CCN(C(=O)N2CCN(Cc3cnc4ccc(F)cn4c3=O)C3(CCCCC3)C2)[C@H](c2cc(F)ccc2F)C1. The minimum atomic E-state index is -0.580. The third kappa shape index (κ3) is 5.40. The number of benzene rings is 1. The average molecular weight is 583 g/mol. The zero-order valence-corrected chi connectivity index (χ0v) is 23.9. The van der Waals surface area contributed by atoms with Gasteiger partial charge in [0.2, 0.25) is 0 Å². The summed E-state index contributed by atoms with van der Waals surface area (Å²) in [4.78, 5) is 37.7. The summed E-state index contributed by atoms with van der Waals surface area (Å²) in [6.45, 7) is 2.30. The first-order valence-corrected chi connectivity index (χ1v) is 14.9. The molecule has 1 saturated carbocycles. The lowest BCUT2D eigenvalue weighted by Gasteiger charge is -2.54. The number of likely N-dealkylation sites (tertiary alicyclic amines) is 1. The van der Waals surface area contributed by atoms with Crippen LogP contribution in [0.25, 0.3) is 5.65 Å². The van der Waals surface area contributed by atoms with Crippen LogP contribution in [0, 0.1) is 17.5 Å². The van der Waals surface area contributed by atoms with Crippen molar-refractivity contribution in [3.63, 3.8) is 0 Å². The maximum absolute atomic E-state index is 15.0. The van der Waals surface area contributed by atoms with Gasteiger partial charge in [-0.25, -0.2) is 22.9 Å². The monoisotopic (exact) mass is 582 g/mol. The molecule has 3 fully saturated rings. The molecule has 4 heterocycles. The predicted molar refractivity (Wildman–Crippen MR) is 153 cm³/mol. The van der Waals surface area contributed by atoms with Crippen LogP contribution in [0.1, 0.15) is 62.1 Å². The number of amides is 2. The number of carbonyl (C=O) groups is 1. The molecule has 1 aliphatic carbocycles. The summed E-state index contributed by atoms with van der Waals surface area (Å²) in [5, 5.41) is 3.24. The standard InChI is InChI=1S/C31H37F3N6O2/c1-35-24-9-12-39(27(16-24)25-15-22(32)5-7-26(25)34)30(42)37-13-14-38(31(20-37)10-3-2-4-11-31)18-21-17-36-28-8-6-23(33)19-40(28)29(21)41/h5-8,15,17,19,24,27,35H,2-4,9-14,16,18,20H2,1H3/t24-,27+/m1/s1. The fourth-order valence-electron chi connectivity index (χ4n) is 7.21. The molecule has 2 atom stereocenters. The number of hydrogen-bond donors (Lipinski definition) is 1. The molecule has 3 aliphatic rings. The summed E-state index contributed by atoms with van der Waals surface area (Å²) in [5.74, 6) is -1.55. The van der Waals surface area contributed by atoms with Crippen LogP contribution in [-0.2, 0) is 6.54 Å². The van der Waals surface area contributed by atoms with Gasteiger partial charge in [-0.15, -0.1) is 0 Å². The van der Waals surface area contributed by atoms with Gasteiger partial charge in [0.1, 0.15) is 23.1 Å². The maximum Gasteiger partial charge on any atom is 0.320 e. The van der Waals surface area contributed by atoms with E-state index in [2.05, 4.69) is 15.2 Å². The van der Waals surface area contributed by atoms with E-state index < -0.39 is 23.5 Å². The van der Waals surface area contributed by atoms with Gasteiger partial charge in [0.05, 0.1) is 11.6 Å². The number of rotatable bonds is 4. The summed E-state index contributed by atoms with van der Waals surface area (Å²) in [5.41, 5.74) is 0.465. The molecule has 1 N–H and O–H groups in total. The van der Waals surface area contributed by atoms with Crippen LogP contribution in [0.4, 0.5) is 18.0 Å². The van der Waals surface area contributed by atoms with Crippen molar-refractivity contribution < 1.29 is 18.0 Å². The number of urea groups is 1. The van der Waals surface area contributed by atoms with Gasteiger partial charge in [0, 0.05) is 62.3 Å². The topological polar surface area (TPSA) is 73.2 Å². The lowest BCUT2D eigenvalue weighted by atomic mass is 9.78. The Kier molecular flexibility index (Phi) is 7.97. The fourth-order valence-corrected chi connectivity index (χ4v) is 7.21. The van der Waals surface area contributed by atoms with Gasteiger partial charge in [-0.3, -0.25) is 14.1 Å². The van der Waals surface area contributed by atoms with E-state index in [1.807, 2.05) is 11.9 Å². The highest BCUT2D eigenvalue weighted by Crippen LogP contribution is 2.39. The van der Waals surface area contributed by atoms with Crippen LogP contribution in [0.15, 0.2) is 47.5 Å². The Morgan fingerprint density at radius 1 is 1.05 bits per heavy atom. The van der Waals surface area contributed by atoms with Crippen molar-refractivity contribution >= 4 is 11.7 Å². The second kappa shape index (κ2) is 11.7. The Morgan fingerprint density at radius 2 is 1.83 bits per heavy atom. The Balaban J connectivity index is 1.26. The van der Waals surface area contributed by atoms with Gasteiger partial charge in [0.25, 0.3) is 5.56 Å². The Bertz CT molecular complexity index is 1520. The largest absolute Gasteiger partial charge is 0.321 e. The number of fused-ring (bicyclic) bond motifs is 1. The first kappa shape index (κ1) is 28.7. The minimum Gasteiger partial charge on any atom is -0.321 e. The van der Waals surface area contributed by atoms with Crippen molar-refractivity contribution in [2.45, 2.75) is 69.1 Å². The summed E-state index contributed by atoms with van der Waals surface area (Å²) in [6.07, 6.45) is 8.88. The van der Waals surface area contributed by atoms with Crippen molar-refractivity contribution in [1.82, 2.24) is 29.4 Å². The zero-order chi connectivity index (χ0) is 29.4. The molecule has 1 spiro atoms. The molecular formula is C31H37F3N6O2. The number of piperazine rings is 1. The van der Waals surface area contributed by atoms with E-state index in [0.717, 1.165) is 56.9 Å². The van der Waals surface area contributed by atoms with E-state index in [4.69, 9.17) is 0 Å². The van der Waals surface area contributed by atoms with Gasteiger partial charge in [-0.2, -0.15) is 0 Å². The highest BCUT2D eigenvalue weighted by molar-refractivity contribution is 5.75. The quantitative estimate of drug-likeness (QED) is 0.492. The van der Waals surface area contributed by atoms with Crippen LogP contribution in [0.5, 0.6) is 0 Å². The number of carbonyl (C=O) groups excluding carboxylic acids is 1. The number of piperidine rings is 1. The first-order valence-electron chi connectivity index (χ1n) is 14.9. The molecule has 1 aromatic carbocycles. The lowest BCUT2D eigenvalue weighted by molar-refractivity contribution is -0.0270. The van der Waals surface area contributed by atoms with Crippen molar-refractivity contribution in [2.24, 2.45) is 0 Å².